The summed E-state index contributed by atoms with van der Waals surface area (Å²) in [6.45, 7) is 0.924. The van der Waals surface area contributed by atoms with Gasteiger partial charge in [0.25, 0.3) is 5.91 Å². The molecule has 0 aromatic carbocycles. The minimum atomic E-state index is -4.72. The summed E-state index contributed by atoms with van der Waals surface area (Å²) in [4.78, 5) is 26.8. The summed E-state index contributed by atoms with van der Waals surface area (Å²) >= 11 is 0. The second-order valence-corrected chi connectivity index (χ2v) is 5.17. The molecule has 0 aliphatic carbocycles. The minimum Gasteiger partial charge on any atom is -0.480 e. The number of halogens is 3. The fourth-order valence-corrected chi connectivity index (χ4v) is 2.06. The van der Waals surface area contributed by atoms with Crippen molar-refractivity contribution < 1.29 is 37.3 Å². The maximum Gasteiger partial charge on any atom is 0.391 e. The molecule has 2 N–H and O–H groups in total. The molecule has 2 atom stereocenters. The predicted molar refractivity (Wildman–Crippen MR) is 73.7 cm³/mol. The highest BCUT2D eigenvalue weighted by atomic mass is 19.4. The van der Waals surface area contributed by atoms with Crippen LogP contribution in [0.5, 0.6) is 5.88 Å². The average Bonchev–Trinajstić information content (AvgIpc) is 2.98. The van der Waals surface area contributed by atoms with Crippen LogP contribution < -0.4 is 10.1 Å². The number of carboxylic acids is 1. The zero-order valence-electron chi connectivity index (χ0n) is 12.4. The lowest BCUT2D eigenvalue weighted by Crippen LogP contribution is -2.43. The number of carboxylic acid groups (broad SMARTS) is 1. The first-order valence-corrected chi connectivity index (χ1v) is 7.05. The fraction of sp³-hybridized carbons (Fsp3) is 0.500. The first-order chi connectivity index (χ1) is 11.2. The number of nitrogens with zero attached hydrogens (tertiary/aromatic N) is 1. The van der Waals surface area contributed by atoms with Crippen molar-refractivity contribution in [2.75, 3.05) is 13.2 Å². The summed E-state index contributed by atoms with van der Waals surface area (Å²) in [6.07, 6.45) is -4.69. The molecule has 1 aromatic heterocycles. The van der Waals surface area contributed by atoms with Crippen molar-refractivity contribution in [2.24, 2.45) is 0 Å². The fourth-order valence-electron chi connectivity index (χ4n) is 2.06. The van der Waals surface area contributed by atoms with Crippen LogP contribution in [0.2, 0.25) is 0 Å². The molecular formula is C14H15F3N2O5. The number of hydrogen-bond acceptors (Lipinski definition) is 5. The summed E-state index contributed by atoms with van der Waals surface area (Å²) in [5.74, 6) is -2.61. The van der Waals surface area contributed by atoms with Crippen LogP contribution in [-0.2, 0) is 9.53 Å². The SMILES string of the molecule is O=C(NC(CC(F)(F)F)C(=O)O)c1ccnc(OC2CCOC2)c1. The van der Waals surface area contributed by atoms with Gasteiger partial charge in [0.2, 0.25) is 5.88 Å². The standard InChI is InChI=1S/C14H15F3N2O5/c15-14(16,17)6-10(13(21)22)19-12(20)8-1-3-18-11(5-8)24-9-2-4-23-7-9/h1,3,5,9-10H,2,4,6-7H2,(H,19,20)(H,21,22). The molecule has 1 aliphatic heterocycles. The van der Waals surface area contributed by atoms with Gasteiger partial charge in [0.05, 0.1) is 19.6 Å². The van der Waals surface area contributed by atoms with Gasteiger partial charge in [0.1, 0.15) is 12.1 Å². The van der Waals surface area contributed by atoms with Gasteiger partial charge in [-0.3, -0.25) is 4.79 Å². The lowest BCUT2D eigenvalue weighted by atomic mass is 10.1. The Morgan fingerprint density at radius 3 is 2.83 bits per heavy atom. The van der Waals surface area contributed by atoms with Gasteiger partial charge in [0.15, 0.2) is 0 Å². The van der Waals surface area contributed by atoms with Crippen molar-refractivity contribution in [1.29, 1.82) is 0 Å². The number of aliphatic carboxylic acids is 1. The van der Waals surface area contributed by atoms with Gasteiger partial charge in [-0.15, -0.1) is 0 Å². The largest absolute Gasteiger partial charge is 0.480 e. The number of pyridine rings is 1. The molecule has 132 valence electrons. The van der Waals surface area contributed by atoms with E-state index in [9.17, 15) is 22.8 Å². The van der Waals surface area contributed by atoms with Crippen LogP contribution in [0.4, 0.5) is 13.2 Å². The number of amides is 1. The van der Waals surface area contributed by atoms with Crippen LogP contribution in [0.15, 0.2) is 18.3 Å². The number of nitrogens with one attached hydrogen (secondary N) is 1. The van der Waals surface area contributed by atoms with Gasteiger partial charge >= 0.3 is 12.1 Å². The summed E-state index contributed by atoms with van der Waals surface area (Å²) in [5, 5.41) is 10.7. The number of carbonyl (C=O) groups is 2. The molecule has 1 aromatic rings. The number of carbonyl (C=O) groups excluding carboxylic acids is 1. The van der Waals surface area contributed by atoms with Crippen molar-refractivity contribution in [2.45, 2.75) is 31.2 Å². The topological polar surface area (TPSA) is 97.8 Å². The average molecular weight is 348 g/mol. The van der Waals surface area contributed by atoms with Gasteiger partial charge in [0, 0.05) is 24.2 Å². The molecule has 0 spiro atoms. The predicted octanol–water partition coefficient (Wildman–Crippen LogP) is 1.38. The third kappa shape index (κ3) is 5.37. The molecule has 0 bridgehead atoms. The van der Waals surface area contributed by atoms with Crippen LogP contribution >= 0.6 is 0 Å². The molecule has 7 nitrogen and oxygen atoms in total. The van der Waals surface area contributed by atoms with Gasteiger partial charge in [-0.05, 0) is 6.07 Å². The molecule has 24 heavy (non-hydrogen) atoms. The molecule has 1 saturated heterocycles. The Morgan fingerprint density at radius 2 is 2.25 bits per heavy atom. The second kappa shape index (κ2) is 7.47. The third-order valence-electron chi connectivity index (χ3n) is 3.21. The van der Waals surface area contributed by atoms with Gasteiger partial charge in [-0.1, -0.05) is 0 Å². The second-order valence-electron chi connectivity index (χ2n) is 5.17. The maximum absolute atomic E-state index is 12.4. The Balaban J connectivity index is 2.03. The number of rotatable bonds is 6. The summed E-state index contributed by atoms with van der Waals surface area (Å²) in [5.41, 5.74) is -0.0488. The first kappa shape index (κ1) is 18.0. The number of ether oxygens (including phenoxy) is 2. The number of hydrogen-bond donors (Lipinski definition) is 2. The molecule has 2 heterocycles. The smallest absolute Gasteiger partial charge is 0.391 e. The number of aromatic nitrogens is 1. The van der Waals surface area contributed by atoms with E-state index in [-0.39, 0.29) is 17.5 Å². The number of alkyl halides is 3. The first-order valence-electron chi connectivity index (χ1n) is 7.05. The van der Waals surface area contributed by atoms with E-state index >= 15 is 0 Å². The molecule has 1 amide bonds. The van der Waals surface area contributed by atoms with Crippen LogP contribution in [0.1, 0.15) is 23.2 Å². The Bertz CT molecular complexity index is 602. The molecule has 0 radical (unpaired) electrons. The Kier molecular flexibility index (Phi) is 5.60. The third-order valence-corrected chi connectivity index (χ3v) is 3.21. The van der Waals surface area contributed by atoms with Crippen LogP contribution in [0.3, 0.4) is 0 Å². The Labute approximate surface area is 134 Å². The summed E-state index contributed by atoms with van der Waals surface area (Å²) < 4.78 is 47.7. The minimum absolute atomic E-state index is 0.0488. The molecule has 2 rings (SSSR count). The Morgan fingerprint density at radius 1 is 1.50 bits per heavy atom. The van der Waals surface area contributed by atoms with E-state index in [1.807, 2.05) is 5.32 Å². The van der Waals surface area contributed by atoms with Crippen LogP contribution in [-0.4, -0.2) is 53.5 Å². The molecule has 10 heteroatoms. The van der Waals surface area contributed by atoms with E-state index in [0.29, 0.717) is 19.6 Å². The quantitative estimate of drug-likeness (QED) is 0.806. The van der Waals surface area contributed by atoms with Gasteiger partial charge < -0.3 is 19.9 Å². The van der Waals surface area contributed by atoms with Crippen molar-refractivity contribution >= 4 is 11.9 Å². The lowest BCUT2D eigenvalue weighted by Gasteiger charge is -2.16. The Hall–Kier alpha value is -2.36. The van der Waals surface area contributed by atoms with Crippen molar-refractivity contribution in [3.05, 3.63) is 23.9 Å². The zero-order chi connectivity index (χ0) is 17.7. The molecule has 1 aliphatic rings. The highest BCUT2D eigenvalue weighted by molar-refractivity contribution is 5.96. The molecular weight excluding hydrogens is 333 g/mol. The summed E-state index contributed by atoms with van der Waals surface area (Å²) in [7, 11) is 0. The van der Waals surface area contributed by atoms with E-state index in [0.717, 1.165) is 0 Å². The van der Waals surface area contributed by atoms with Crippen molar-refractivity contribution in [3.8, 4) is 5.88 Å². The van der Waals surface area contributed by atoms with E-state index in [1.54, 1.807) is 0 Å². The molecule has 0 saturated carbocycles. The van der Waals surface area contributed by atoms with Gasteiger partial charge in [-0.25, -0.2) is 9.78 Å². The highest BCUT2D eigenvalue weighted by Gasteiger charge is 2.36. The van der Waals surface area contributed by atoms with E-state index in [2.05, 4.69) is 4.98 Å². The normalized spacial score (nSPS) is 18.9. The summed E-state index contributed by atoms with van der Waals surface area (Å²) in [6, 6.07) is 0.415. The van der Waals surface area contributed by atoms with E-state index < -0.39 is 30.5 Å². The zero-order valence-corrected chi connectivity index (χ0v) is 12.4. The maximum atomic E-state index is 12.4. The molecule has 1 fully saturated rings. The van der Waals surface area contributed by atoms with Crippen LogP contribution in [0.25, 0.3) is 0 Å². The highest BCUT2D eigenvalue weighted by Crippen LogP contribution is 2.22. The van der Waals surface area contributed by atoms with Crippen LogP contribution in [0, 0.1) is 0 Å². The monoisotopic (exact) mass is 348 g/mol. The van der Waals surface area contributed by atoms with E-state index in [4.69, 9.17) is 14.6 Å². The van der Waals surface area contributed by atoms with Crippen molar-refractivity contribution in [1.82, 2.24) is 10.3 Å². The van der Waals surface area contributed by atoms with E-state index in [1.165, 1.54) is 18.3 Å². The lowest BCUT2D eigenvalue weighted by molar-refractivity contribution is -0.157. The van der Waals surface area contributed by atoms with Crippen molar-refractivity contribution in [3.63, 3.8) is 0 Å². The molecule has 2 unspecified atom stereocenters. The van der Waals surface area contributed by atoms with Gasteiger partial charge in [-0.2, -0.15) is 13.2 Å².